The molecule has 1 aliphatic heterocycles. The van der Waals surface area contributed by atoms with Gasteiger partial charge in [0.15, 0.2) is 11.6 Å². The minimum atomic E-state index is -0.397. The number of carbonyl (C=O) groups excluding carboxylic acids is 1. The van der Waals surface area contributed by atoms with Gasteiger partial charge in [0, 0.05) is 56.2 Å². The van der Waals surface area contributed by atoms with E-state index in [4.69, 9.17) is 25.7 Å². The van der Waals surface area contributed by atoms with Gasteiger partial charge in [-0.3, -0.25) is 10.2 Å². The third-order valence-electron chi connectivity index (χ3n) is 6.24. The molecule has 11 nitrogen and oxygen atoms in total. The quantitative estimate of drug-likeness (QED) is 0.140. The number of nitrogens with zero attached hydrogens (tertiary/aromatic N) is 3. The van der Waals surface area contributed by atoms with Gasteiger partial charge in [0.25, 0.3) is 6.02 Å². The molecule has 1 saturated heterocycles. The van der Waals surface area contributed by atoms with E-state index in [1.54, 1.807) is 12.4 Å². The second kappa shape index (κ2) is 15.3. The highest BCUT2D eigenvalue weighted by Crippen LogP contribution is 2.18. The average molecular weight is 535 g/mol. The molecule has 2 heterocycles. The van der Waals surface area contributed by atoms with Gasteiger partial charge >= 0.3 is 0 Å². The number of benzene rings is 1. The fourth-order valence-electron chi connectivity index (χ4n) is 4.14. The molecule has 0 amide bonds. The number of aromatic nitrogens is 2. The highest BCUT2D eigenvalue weighted by atomic mass is 16.5. The molecule has 5 N–H and O–H groups in total. The first-order chi connectivity index (χ1) is 18.9. The van der Waals surface area contributed by atoms with Crippen LogP contribution in [0.2, 0.25) is 0 Å². The Hall–Kier alpha value is -4.12. The molecule has 11 heteroatoms. The van der Waals surface area contributed by atoms with E-state index in [-0.39, 0.29) is 24.2 Å². The van der Waals surface area contributed by atoms with Crippen LogP contribution in [0.1, 0.15) is 32.3 Å². The first-order valence-corrected chi connectivity index (χ1v) is 13.2. The van der Waals surface area contributed by atoms with Crippen LogP contribution in [0, 0.1) is 16.2 Å². The van der Waals surface area contributed by atoms with Crippen LogP contribution >= 0.6 is 0 Å². The number of rotatable bonds is 14. The van der Waals surface area contributed by atoms with Crippen molar-refractivity contribution in [1.29, 1.82) is 16.2 Å². The zero-order valence-electron chi connectivity index (χ0n) is 22.6. The first-order valence-electron chi connectivity index (χ1n) is 13.2. The molecule has 1 aromatic carbocycles. The monoisotopic (exact) mass is 534 g/mol. The lowest BCUT2D eigenvalue weighted by Crippen LogP contribution is -2.48. The molecule has 1 unspecified atom stereocenters. The van der Waals surface area contributed by atoms with Gasteiger partial charge in [-0.25, -0.2) is 9.97 Å². The van der Waals surface area contributed by atoms with Gasteiger partial charge in [-0.2, -0.15) is 0 Å². The average Bonchev–Trinajstić information content (AvgIpc) is 2.96. The van der Waals surface area contributed by atoms with E-state index in [1.807, 2.05) is 43.0 Å². The summed E-state index contributed by atoms with van der Waals surface area (Å²) >= 11 is 0. The number of allylic oxidation sites excluding steroid dienone is 1. The second-order valence-corrected chi connectivity index (χ2v) is 9.08. The number of piperidine rings is 1. The van der Waals surface area contributed by atoms with Gasteiger partial charge in [0.1, 0.15) is 0 Å². The minimum Gasteiger partial charge on any atom is -0.491 e. The largest absolute Gasteiger partial charge is 0.491 e. The molecule has 208 valence electrons. The van der Waals surface area contributed by atoms with E-state index < -0.39 is 5.78 Å². The Morgan fingerprint density at radius 1 is 1.18 bits per heavy atom. The van der Waals surface area contributed by atoms with Crippen molar-refractivity contribution in [2.24, 2.45) is 0 Å². The van der Waals surface area contributed by atoms with Crippen molar-refractivity contribution in [1.82, 2.24) is 25.5 Å². The predicted molar refractivity (Wildman–Crippen MR) is 152 cm³/mol. The molecule has 1 aliphatic rings. The summed E-state index contributed by atoms with van der Waals surface area (Å²) in [5.74, 6) is 0.752. The van der Waals surface area contributed by atoms with Crippen molar-refractivity contribution in [2.75, 3.05) is 32.8 Å². The Bertz CT molecular complexity index is 1140. The SMILES string of the molecule is CCOC(=N)N1CCC(NCC(C=N)N/C=C\C(=O)C(=N)Cc2cccc(-c3ncc(OCC)cn3)c2)CC1. The summed E-state index contributed by atoms with van der Waals surface area (Å²) in [6, 6.07) is 7.72. The molecule has 1 atom stereocenters. The van der Waals surface area contributed by atoms with Crippen LogP contribution in [0.3, 0.4) is 0 Å². The summed E-state index contributed by atoms with van der Waals surface area (Å²) in [6.45, 7) is 6.85. The Kier molecular flexibility index (Phi) is 11.6. The van der Waals surface area contributed by atoms with Gasteiger partial charge in [-0.15, -0.1) is 0 Å². The van der Waals surface area contributed by atoms with Crippen LogP contribution in [-0.4, -0.2) is 83.5 Å². The van der Waals surface area contributed by atoms with Crippen LogP contribution in [0.15, 0.2) is 48.9 Å². The van der Waals surface area contributed by atoms with Gasteiger partial charge in [-0.1, -0.05) is 18.2 Å². The van der Waals surface area contributed by atoms with Crippen molar-refractivity contribution in [3.63, 3.8) is 0 Å². The summed E-state index contributed by atoms with van der Waals surface area (Å²) in [6.07, 6.45) is 9.33. The Labute approximate surface area is 229 Å². The number of hydrogen-bond acceptors (Lipinski definition) is 10. The van der Waals surface area contributed by atoms with Crippen molar-refractivity contribution < 1.29 is 14.3 Å². The molecule has 0 saturated carbocycles. The lowest BCUT2D eigenvalue weighted by Gasteiger charge is -2.33. The van der Waals surface area contributed by atoms with E-state index in [0.717, 1.165) is 37.1 Å². The van der Waals surface area contributed by atoms with Crippen LogP contribution in [0.4, 0.5) is 0 Å². The molecule has 0 bridgehead atoms. The second-order valence-electron chi connectivity index (χ2n) is 9.08. The standard InChI is InChI=1S/C28H38N8O3/c1-3-38-24-18-34-27(35-19-24)21-7-5-6-20(14-21)15-25(30)26(37)8-11-32-23(16-29)17-33-22-9-12-36(13-10-22)28(31)39-4-2/h5-8,11,14,16,18-19,22-23,29-33H,3-4,9-10,12-13,15,17H2,1-2H3/b11-8-,29-16?,30-25?,31-28?. The maximum absolute atomic E-state index is 12.5. The normalized spacial score (nSPS) is 14.6. The molecule has 1 fully saturated rings. The predicted octanol–water partition coefficient (Wildman–Crippen LogP) is 2.82. The van der Waals surface area contributed by atoms with Gasteiger partial charge < -0.3 is 35.8 Å². The zero-order chi connectivity index (χ0) is 28.0. The molecule has 39 heavy (non-hydrogen) atoms. The number of hydrogen-bond donors (Lipinski definition) is 5. The van der Waals surface area contributed by atoms with Crippen molar-refractivity contribution in [3.8, 4) is 17.1 Å². The molecule has 2 aromatic rings. The molecular weight excluding hydrogens is 496 g/mol. The van der Waals surface area contributed by atoms with Gasteiger partial charge in [0.2, 0.25) is 5.78 Å². The number of ketones is 1. The molecule has 0 radical (unpaired) electrons. The Morgan fingerprint density at radius 3 is 2.59 bits per heavy atom. The summed E-state index contributed by atoms with van der Waals surface area (Å²) < 4.78 is 10.7. The third kappa shape index (κ3) is 9.29. The van der Waals surface area contributed by atoms with Crippen molar-refractivity contribution >= 4 is 23.7 Å². The molecule has 0 spiro atoms. The van der Waals surface area contributed by atoms with Crippen LogP contribution in [0.5, 0.6) is 5.75 Å². The van der Waals surface area contributed by atoms with E-state index in [1.165, 1.54) is 18.5 Å². The number of carbonyl (C=O) groups is 1. The zero-order valence-corrected chi connectivity index (χ0v) is 22.6. The van der Waals surface area contributed by atoms with Gasteiger partial charge in [-0.05, 0) is 38.3 Å². The molecular formula is C28H38N8O3. The fourth-order valence-corrected chi connectivity index (χ4v) is 4.14. The number of amidine groups is 1. The lowest BCUT2D eigenvalue weighted by atomic mass is 10.0. The van der Waals surface area contributed by atoms with E-state index in [2.05, 4.69) is 20.6 Å². The Morgan fingerprint density at radius 2 is 1.92 bits per heavy atom. The van der Waals surface area contributed by atoms with Crippen LogP contribution < -0.4 is 15.4 Å². The Balaban J connectivity index is 1.43. The van der Waals surface area contributed by atoms with E-state index >= 15 is 0 Å². The number of likely N-dealkylation sites (tertiary alicyclic amines) is 1. The highest BCUT2D eigenvalue weighted by molar-refractivity contribution is 6.43. The van der Waals surface area contributed by atoms with Gasteiger partial charge in [0.05, 0.1) is 37.4 Å². The maximum Gasteiger partial charge on any atom is 0.284 e. The van der Waals surface area contributed by atoms with Crippen molar-refractivity contribution in [2.45, 2.75) is 45.2 Å². The third-order valence-corrected chi connectivity index (χ3v) is 6.24. The minimum absolute atomic E-state index is 0.0354. The first kappa shape index (κ1) is 29.4. The fraction of sp³-hybridized carbons (Fsp3) is 0.429. The summed E-state index contributed by atoms with van der Waals surface area (Å²) in [5, 5.41) is 30.3. The van der Waals surface area contributed by atoms with E-state index in [9.17, 15) is 4.79 Å². The smallest absolute Gasteiger partial charge is 0.284 e. The van der Waals surface area contributed by atoms with Crippen LogP contribution in [-0.2, 0) is 16.0 Å². The summed E-state index contributed by atoms with van der Waals surface area (Å²) in [4.78, 5) is 23.1. The molecule has 0 aliphatic carbocycles. The van der Waals surface area contributed by atoms with Crippen LogP contribution in [0.25, 0.3) is 11.4 Å². The van der Waals surface area contributed by atoms with Crippen molar-refractivity contribution in [3.05, 3.63) is 54.5 Å². The number of nitrogens with one attached hydrogen (secondary N) is 5. The summed E-state index contributed by atoms with van der Waals surface area (Å²) in [7, 11) is 0. The molecule has 1 aromatic heterocycles. The number of ether oxygens (including phenoxy) is 2. The molecule has 3 rings (SSSR count). The van der Waals surface area contributed by atoms with E-state index in [0.29, 0.717) is 37.4 Å². The maximum atomic E-state index is 12.5. The lowest BCUT2D eigenvalue weighted by molar-refractivity contribution is -0.109. The summed E-state index contributed by atoms with van der Waals surface area (Å²) in [5.41, 5.74) is 1.58. The highest BCUT2D eigenvalue weighted by Gasteiger charge is 2.21. The topological polar surface area (TPSA) is 160 Å².